The van der Waals surface area contributed by atoms with Crippen LogP contribution >= 0.6 is 0 Å². The van der Waals surface area contributed by atoms with Gasteiger partial charge in [-0.25, -0.2) is 0 Å². The first-order valence-electron chi connectivity index (χ1n) is 5.92. The van der Waals surface area contributed by atoms with E-state index in [0.29, 0.717) is 0 Å². The highest BCUT2D eigenvalue weighted by molar-refractivity contribution is 5.37. The lowest BCUT2D eigenvalue weighted by atomic mass is 10.1. The zero-order chi connectivity index (χ0) is 12.7. The first-order valence-corrected chi connectivity index (χ1v) is 5.92. The van der Waals surface area contributed by atoms with Crippen LogP contribution in [0, 0.1) is 18.3 Å². The summed E-state index contributed by atoms with van der Waals surface area (Å²) in [4.78, 5) is 2.33. The maximum Gasteiger partial charge on any atom is 0.0991 e. The van der Waals surface area contributed by atoms with Crippen molar-refractivity contribution in [1.82, 2.24) is 4.90 Å². The fourth-order valence-electron chi connectivity index (χ4n) is 1.75. The van der Waals surface area contributed by atoms with E-state index in [1.54, 1.807) is 7.11 Å². The Kier molecular flexibility index (Phi) is 5.68. The van der Waals surface area contributed by atoms with Crippen LogP contribution in [0.1, 0.15) is 23.6 Å². The fourth-order valence-corrected chi connectivity index (χ4v) is 1.75. The molecule has 0 spiro atoms. The molecule has 1 aromatic carbocycles. The van der Waals surface area contributed by atoms with Crippen LogP contribution in [0.5, 0.6) is 0 Å². The molecule has 0 fully saturated rings. The summed E-state index contributed by atoms with van der Waals surface area (Å²) in [5, 5.41) is 8.82. The van der Waals surface area contributed by atoms with E-state index in [1.807, 2.05) is 18.2 Å². The van der Waals surface area contributed by atoms with Gasteiger partial charge in [-0.15, -0.1) is 0 Å². The van der Waals surface area contributed by atoms with Crippen molar-refractivity contribution in [1.29, 1.82) is 5.26 Å². The average Bonchev–Trinajstić information content (AvgIpc) is 2.36. The molecule has 92 valence electrons. The lowest BCUT2D eigenvalue weighted by Crippen LogP contribution is -2.27. The molecule has 0 unspecified atom stereocenters. The highest BCUT2D eigenvalue weighted by Gasteiger charge is 2.06. The minimum absolute atomic E-state index is 0.728. The molecule has 0 amide bonds. The number of aryl methyl sites for hydroxylation is 1. The van der Waals surface area contributed by atoms with Crippen molar-refractivity contribution in [3.63, 3.8) is 0 Å². The Hall–Kier alpha value is -1.37. The molecule has 1 aromatic rings. The van der Waals surface area contributed by atoms with Crippen LogP contribution in [0.3, 0.4) is 0 Å². The first-order chi connectivity index (χ1) is 8.21. The van der Waals surface area contributed by atoms with E-state index < -0.39 is 0 Å². The number of likely N-dealkylation sites (N-methyl/N-ethyl adjacent to an activating group) is 1. The SMILES string of the molecule is CCN(CCOC)Cc1ccc(C#N)cc1C. The Morgan fingerprint density at radius 1 is 1.41 bits per heavy atom. The molecule has 0 N–H and O–H groups in total. The summed E-state index contributed by atoms with van der Waals surface area (Å²) in [6.07, 6.45) is 0. The molecule has 0 aliphatic rings. The third kappa shape index (κ3) is 4.18. The van der Waals surface area contributed by atoms with Gasteiger partial charge in [0, 0.05) is 20.2 Å². The zero-order valence-corrected chi connectivity index (χ0v) is 10.9. The van der Waals surface area contributed by atoms with Gasteiger partial charge < -0.3 is 4.74 Å². The van der Waals surface area contributed by atoms with E-state index in [9.17, 15) is 0 Å². The molecule has 3 heteroatoms. The molecule has 0 bridgehead atoms. The lowest BCUT2D eigenvalue weighted by molar-refractivity contribution is 0.147. The van der Waals surface area contributed by atoms with Crippen molar-refractivity contribution >= 4 is 0 Å². The molecular weight excluding hydrogens is 212 g/mol. The van der Waals surface area contributed by atoms with Crippen molar-refractivity contribution < 1.29 is 4.74 Å². The van der Waals surface area contributed by atoms with Crippen LogP contribution in [-0.4, -0.2) is 31.7 Å². The summed E-state index contributed by atoms with van der Waals surface area (Å²) in [5.74, 6) is 0. The Balaban J connectivity index is 2.69. The lowest BCUT2D eigenvalue weighted by Gasteiger charge is -2.21. The molecule has 0 aromatic heterocycles. The largest absolute Gasteiger partial charge is 0.383 e. The number of rotatable bonds is 6. The van der Waals surface area contributed by atoms with E-state index in [1.165, 1.54) is 11.1 Å². The summed E-state index contributed by atoms with van der Waals surface area (Å²) in [7, 11) is 1.72. The van der Waals surface area contributed by atoms with Crippen molar-refractivity contribution in [2.45, 2.75) is 20.4 Å². The Labute approximate surface area is 104 Å². The quantitative estimate of drug-likeness (QED) is 0.755. The van der Waals surface area contributed by atoms with E-state index in [-0.39, 0.29) is 0 Å². The van der Waals surface area contributed by atoms with Crippen LogP contribution < -0.4 is 0 Å². The van der Waals surface area contributed by atoms with Gasteiger partial charge in [-0.3, -0.25) is 4.90 Å². The predicted octanol–water partition coefficient (Wildman–Crippen LogP) is 2.33. The van der Waals surface area contributed by atoms with Gasteiger partial charge in [-0.1, -0.05) is 13.0 Å². The topological polar surface area (TPSA) is 36.3 Å². The first kappa shape index (κ1) is 13.7. The second-order valence-corrected chi connectivity index (χ2v) is 4.11. The summed E-state index contributed by atoms with van der Waals surface area (Å²) >= 11 is 0. The Morgan fingerprint density at radius 2 is 2.18 bits per heavy atom. The van der Waals surface area contributed by atoms with Crippen LogP contribution in [0.25, 0.3) is 0 Å². The number of nitriles is 1. The average molecular weight is 232 g/mol. The van der Waals surface area contributed by atoms with Crippen LogP contribution in [0.4, 0.5) is 0 Å². The maximum absolute atomic E-state index is 8.82. The highest BCUT2D eigenvalue weighted by Crippen LogP contribution is 2.13. The van der Waals surface area contributed by atoms with Gasteiger partial charge in [-0.05, 0) is 36.7 Å². The summed E-state index contributed by atoms with van der Waals surface area (Å²) in [6.45, 7) is 7.81. The van der Waals surface area contributed by atoms with Gasteiger partial charge in [-0.2, -0.15) is 5.26 Å². The predicted molar refractivity (Wildman–Crippen MR) is 68.7 cm³/mol. The van der Waals surface area contributed by atoms with Gasteiger partial charge >= 0.3 is 0 Å². The summed E-state index contributed by atoms with van der Waals surface area (Å²) in [5.41, 5.74) is 3.19. The van der Waals surface area contributed by atoms with Crippen molar-refractivity contribution in [2.24, 2.45) is 0 Å². The van der Waals surface area contributed by atoms with E-state index in [4.69, 9.17) is 10.00 Å². The number of hydrogen-bond acceptors (Lipinski definition) is 3. The smallest absolute Gasteiger partial charge is 0.0991 e. The molecule has 0 saturated carbocycles. The molecule has 0 aliphatic heterocycles. The van der Waals surface area contributed by atoms with Gasteiger partial charge in [0.1, 0.15) is 0 Å². The van der Waals surface area contributed by atoms with Gasteiger partial charge in [0.05, 0.1) is 18.2 Å². The van der Waals surface area contributed by atoms with E-state index in [0.717, 1.165) is 31.8 Å². The minimum atomic E-state index is 0.728. The molecule has 3 nitrogen and oxygen atoms in total. The molecular formula is C14H20N2O. The van der Waals surface area contributed by atoms with Crippen molar-refractivity contribution in [3.8, 4) is 6.07 Å². The molecule has 17 heavy (non-hydrogen) atoms. The number of hydrogen-bond donors (Lipinski definition) is 0. The zero-order valence-electron chi connectivity index (χ0n) is 10.9. The molecule has 0 radical (unpaired) electrons. The molecule has 1 rings (SSSR count). The number of nitrogens with zero attached hydrogens (tertiary/aromatic N) is 2. The second kappa shape index (κ2) is 7.05. The van der Waals surface area contributed by atoms with Crippen LogP contribution in [0.15, 0.2) is 18.2 Å². The second-order valence-electron chi connectivity index (χ2n) is 4.11. The van der Waals surface area contributed by atoms with Crippen LogP contribution in [-0.2, 0) is 11.3 Å². The maximum atomic E-state index is 8.82. The summed E-state index contributed by atoms with van der Waals surface area (Å²) in [6, 6.07) is 8.03. The van der Waals surface area contributed by atoms with Crippen LogP contribution in [0.2, 0.25) is 0 Å². The standard InChI is InChI=1S/C14H20N2O/c1-4-16(7-8-17-3)11-14-6-5-13(10-15)9-12(14)2/h5-6,9H,4,7-8,11H2,1-3H3. The minimum Gasteiger partial charge on any atom is -0.383 e. The third-order valence-electron chi connectivity index (χ3n) is 2.92. The highest BCUT2D eigenvalue weighted by atomic mass is 16.5. The molecule has 0 atom stereocenters. The monoisotopic (exact) mass is 232 g/mol. The van der Waals surface area contributed by atoms with E-state index in [2.05, 4.69) is 24.8 Å². The number of methoxy groups -OCH3 is 1. The Morgan fingerprint density at radius 3 is 2.71 bits per heavy atom. The number of ether oxygens (including phenoxy) is 1. The summed E-state index contributed by atoms with van der Waals surface area (Å²) < 4.78 is 5.09. The molecule has 0 heterocycles. The third-order valence-corrected chi connectivity index (χ3v) is 2.92. The number of benzene rings is 1. The van der Waals surface area contributed by atoms with Crippen molar-refractivity contribution in [2.75, 3.05) is 26.8 Å². The van der Waals surface area contributed by atoms with Gasteiger partial charge in [0.25, 0.3) is 0 Å². The van der Waals surface area contributed by atoms with Crippen molar-refractivity contribution in [3.05, 3.63) is 34.9 Å². The van der Waals surface area contributed by atoms with Gasteiger partial charge in [0.2, 0.25) is 0 Å². The fraction of sp³-hybridized carbons (Fsp3) is 0.500. The Bertz CT molecular complexity index is 396. The normalized spacial score (nSPS) is 10.5. The molecule has 0 aliphatic carbocycles. The van der Waals surface area contributed by atoms with E-state index >= 15 is 0 Å². The molecule has 0 saturated heterocycles. The van der Waals surface area contributed by atoms with Gasteiger partial charge in [0.15, 0.2) is 0 Å².